The Hall–Kier alpha value is -0.180. The SMILES string of the molecule is CC(C)N1CCC(F)(F)C[C@H]1C. The molecule has 1 atom stereocenters. The van der Waals surface area contributed by atoms with Gasteiger partial charge in [-0.1, -0.05) is 0 Å². The molecule has 0 aromatic rings. The van der Waals surface area contributed by atoms with E-state index in [1.807, 2.05) is 6.92 Å². The first-order valence-corrected chi connectivity index (χ1v) is 4.56. The highest BCUT2D eigenvalue weighted by Gasteiger charge is 2.38. The van der Waals surface area contributed by atoms with Gasteiger partial charge in [-0.2, -0.15) is 0 Å². The van der Waals surface area contributed by atoms with Crippen molar-refractivity contribution in [1.29, 1.82) is 0 Å². The van der Waals surface area contributed by atoms with Crippen molar-refractivity contribution in [2.75, 3.05) is 6.54 Å². The van der Waals surface area contributed by atoms with E-state index in [0.29, 0.717) is 12.6 Å². The average Bonchev–Trinajstić information content (AvgIpc) is 1.83. The average molecular weight is 177 g/mol. The minimum absolute atomic E-state index is 0.0190. The van der Waals surface area contributed by atoms with Crippen molar-refractivity contribution in [1.82, 2.24) is 4.90 Å². The first-order valence-electron chi connectivity index (χ1n) is 4.56. The van der Waals surface area contributed by atoms with Crippen molar-refractivity contribution < 1.29 is 8.78 Å². The zero-order valence-electron chi connectivity index (χ0n) is 7.98. The van der Waals surface area contributed by atoms with Crippen LogP contribution in [-0.2, 0) is 0 Å². The summed E-state index contributed by atoms with van der Waals surface area (Å²) in [6.07, 6.45) is 0.0424. The van der Waals surface area contributed by atoms with Gasteiger partial charge >= 0.3 is 0 Å². The molecule has 0 aromatic carbocycles. The Morgan fingerprint density at radius 3 is 2.42 bits per heavy atom. The third-order valence-corrected chi connectivity index (χ3v) is 2.56. The fraction of sp³-hybridized carbons (Fsp3) is 1.00. The number of nitrogens with zero attached hydrogens (tertiary/aromatic N) is 1. The lowest BCUT2D eigenvalue weighted by Gasteiger charge is -2.39. The Kier molecular flexibility index (Phi) is 2.71. The number of halogens is 2. The van der Waals surface area contributed by atoms with Crippen LogP contribution < -0.4 is 0 Å². The van der Waals surface area contributed by atoms with Gasteiger partial charge in [0.2, 0.25) is 0 Å². The summed E-state index contributed by atoms with van der Waals surface area (Å²) in [7, 11) is 0. The molecule has 3 heteroatoms. The zero-order chi connectivity index (χ0) is 9.35. The predicted octanol–water partition coefficient (Wildman–Crippen LogP) is 2.51. The van der Waals surface area contributed by atoms with E-state index < -0.39 is 5.92 Å². The van der Waals surface area contributed by atoms with Gasteiger partial charge in [0.1, 0.15) is 0 Å². The lowest BCUT2D eigenvalue weighted by atomic mass is 9.98. The fourth-order valence-electron chi connectivity index (χ4n) is 1.93. The quantitative estimate of drug-likeness (QED) is 0.595. The summed E-state index contributed by atoms with van der Waals surface area (Å²) in [4.78, 5) is 2.14. The van der Waals surface area contributed by atoms with E-state index >= 15 is 0 Å². The summed E-state index contributed by atoms with van der Waals surface area (Å²) in [5.74, 6) is -2.43. The van der Waals surface area contributed by atoms with E-state index in [1.165, 1.54) is 0 Å². The number of likely N-dealkylation sites (tertiary alicyclic amines) is 1. The molecule has 0 aliphatic carbocycles. The second kappa shape index (κ2) is 3.29. The third kappa shape index (κ3) is 2.16. The molecule has 0 amide bonds. The lowest BCUT2D eigenvalue weighted by Crippen LogP contribution is -2.48. The van der Waals surface area contributed by atoms with Crippen molar-refractivity contribution in [2.45, 2.75) is 51.6 Å². The Labute approximate surface area is 72.7 Å². The second-order valence-electron chi connectivity index (χ2n) is 3.99. The summed E-state index contributed by atoms with van der Waals surface area (Å²) >= 11 is 0. The van der Waals surface area contributed by atoms with E-state index in [2.05, 4.69) is 18.7 Å². The molecule has 0 aromatic heterocycles. The van der Waals surface area contributed by atoms with Gasteiger partial charge < -0.3 is 0 Å². The second-order valence-corrected chi connectivity index (χ2v) is 3.99. The molecule has 1 aliphatic heterocycles. The maximum atomic E-state index is 12.9. The highest BCUT2D eigenvalue weighted by molar-refractivity contribution is 4.84. The molecule has 0 N–H and O–H groups in total. The first-order chi connectivity index (χ1) is 5.42. The number of hydrogen-bond donors (Lipinski definition) is 0. The van der Waals surface area contributed by atoms with Crippen LogP contribution in [0.15, 0.2) is 0 Å². The maximum Gasteiger partial charge on any atom is 0.250 e. The van der Waals surface area contributed by atoms with E-state index in [0.717, 1.165) is 0 Å². The van der Waals surface area contributed by atoms with E-state index in [1.54, 1.807) is 0 Å². The zero-order valence-corrected chi connectivity index (χ0v) is 7.98. The molecule has 12 heavy (non-hydrogen) atoms. The van der Waals surface area contributed by atoms with E-state index in [-0.39, 0.29) is 18.9 Å². The lowest BCUT2D eigenvalue weighted by molar-refractivity contribution is -0.0810. The predicted molar refractivity (Wildman–Crippen MR) is 45.5 cm³/mol. The number of piperidine rings is 1. The van der Waals surface area contributed by atoms with Crippen LogP contribution in [0, 0.1) is 0 Å². The molecule has 0 unspecified atom stereocenters. The summed E-state index contributed by atoms with van der Waals surface area (Å²) in [6.45, 7) is 6.53. The van der Waals surface area contributed by atoms with E-state index in [9.17, 15) is 8.78 Å². The molecule has 0 spiro atoms. The van der Waals surface area contributed by atoms with Crippen LogP contribution in [-0.4, -0.2) is 29.5 Å². The highest BCUT2D eigenvalue weighted by Crippen LogP contribution is 2.32. The Balaban J connectivity index is 2.54. The number of alkyl halides is 2. The normalized spacial score (nSPS) is 31.0. The molecule has 1 heterocycles. The summed E-state index contributed by atoms with van der Waals surface area (Å²) < 4.78 is 25.7. The molecule has 72 valence electrons. The molecular formula is C9H17F2N. The van der Waals surface area contributed by atoms with Gasteiger partial charge in [-0.15, -0.1) is 0 Å². The summed E-state index contributed by atoms with van der Waals surface area (Å²) in [5.41, 5.74) is 0. The molecule has 0 bridgehead atoms. The van der Waals surface area contributed by atoms with Gasteiger partial charge in [-0.3, -0.25) is 4.90 Å². The van der Waals surface area contributed by atoms with Crippen molar-refractivity contribution >= 4 is 0 Å². The largest absolute Gasteiger partial charge is 0.298 e. The van der Waals surface area contributed by atoms with Gasteiger partial charge in [-0.05, 0) is 20.8 Å². The Morgan fingerprint density at radius 1 is 1.42 bits per heavy atom. The molecule has 0 saturated carbocycles. The Morgan fingerprint density at radius 2 is 2.00 bits per heavy atom. The van der Waals surface area contributed by atoms with Crippen molar-refractivity contribution in [3.63, 3.8) is 0 Å². The van der Waals surface area contributed by atoms with E-state index in [4.69, 9.17) is 0 Å². The smallest absolute Gasteiger partial charge is 0.250 e. The first kappa shape index (κ1) is 9.90. The van der Waals surface area contributed by atoms with Crippen LogP contribution in [0.25, 0.3) is 0 Å². The van der Waals surface area contributed by atoms with Crippen molar-refractivity contribution in [3.8, 4) is 0 Å². The number of rotatable bonds is 1. The van der Waals surface area contributed by atoms with Gasteiger partial charge in [-0.25, -0.2) is 8.78 Å². The minimum atomic E-state index is -2.43. The molecule has 1 saturated heterocycles. The molecule has 1 fully saturated rings. The molecule has 1 aliphatic rings. The molecule has 1 rings (SSSR count). The summed E-state index contributed by atoms with van der Waals surface area (Å²) in [6, 6.07) is 0.407. The van der Waals surface area contributed by atoms with Gasteiger partial charge in [0, 0.05) is 31.5 Å². The Bertz CT molecular complexity index is 157. The van der Waals surface area contributed by atoms with Crippen molar-refractivity contribution in [2.24, 2.45) is 0 Å². The van der Waals surface area contributed by atoms with Crippen molar-refractivity contribution in [3.05, 3.63) is 0 Å². The fourth-order valence-corrected chi connectivity index (χ4v) is 1.93. The van der Waals surface area contributed by atoms with Crippen LogP contribution in [0.5, 0.6) is 0 Å². The van der Waals surface area contributed by atoms with Gasteiger partial charge in [0.15, 0.2) is 0 Å². The van der Waals surface area contributed by atoms with Gasteiger partial charge in [0.05, 0.1) is 0 Å². The summed E-state index contributed by atoms with van der Waals surface area (Å²) in [5, 5.41) is 0. The minimum Gasteiger partial charge on any atom is -0.298 e. The topological polar surface area (TPSA) is 3.24 Å². The highest BCUT2D eigenvalue weighted by atomic mass is 19.3. The molecular weight excluding hydrogens is 160 g/mol. The van der Waals surface area contributed by atoms with Crippen LogP contribution in [0.4, 0.5) is 8.78 Å². The van der Waals surface area contributed by atoms with Gasteiger partial charge in [0.25, 0.3) is 5.92 Å². The standard InChI is InChI=1S/C9H17F2N/c1-7(2)12-5-4-9(10,11)6-8(12)3/h7-8H,4-6H2,1-3H3/t8-/m1/s1. The molecule has 1 nitrogen and oxygen atoms in total. The third-order valence-electron chi connectivity index (χ3n) is 2.56. The molecule has 0 radical (unpaired) electrons. The number of hydrogen-bond acceptors (Lipinski definition) is 1. The van der Waals surface area contributed by atoms with Crippen LogP contribution in [0.1, 0.15) is 33.6 Å². The van der Waals surface area contributed by atoms with Crippen LogP contribution in [0.2, 0.25) is 0 Å². The van der Waals surface area contributed by atoms with Crippen LogP contribution in [0.3, 0.4) is 0 Å². The monoisotopic (exact) mass is 177 g/mol. The maximum absolute atomic E-state index is 12.9. The van der Waals surface area contributed by atoms with Crippen LogP contribution >= 0.6 is 0 Å².